The fraction of sp³-hybridized carbons (Fsp3) is 0.364. The number of benzene rings is 2. The number of aromatic hydroxyl groups is 2. The number of hydrogen-bond donors (Lipinski definition) is 2. The van der Waals surface area contributed by atoms with Crippen molar-refractivity contribution in [1.29, 1.82) is 0 Å². The summed E-state index contributed by atoms with van der Waals surface area (Å²) in [5.41, 5.74) is 6.92. The van der Waals surface area contributed by atoms with Gasteiger partial charge in [0.15, 0.2) is 0 Å². The molecule has 24 heavy (non-hydrogen) atoms. The SMILES string of the molecule is C/C(=C/C(C)(C)c1cc(C)c(O)c(C)c1)c1cc(C)c(O)c(C)c1. The molecule has 0 aliphatic heterocycles. The van der Waals surface area contributed by atoms with Crippen LogP contribution in [0, 0.1) is 27.7 Å². The molecule has 0 aromatic heterocycles. The van der Waals surface area contributed by atoms with Gasteiger partial charge in [-0.3, -0.25) is 0 Å². The molecule has 0 spiro atoms. The maximum atomic E-state index is 10.0. The second kappa shape index (κ2) is 6.35. The third kappa shape index (κ3) is 3.48. The number of phenols is 2. The van der Waals surface area contributed by atoms with E-state index in [1.54, 1.807) is 0 Å². The van der Waals surface area contributed by atoms with Gasteiger partial charge in [-0.15, -0.1) is 0 Å². The summed E-state index contributed by atoms with van der Waals surface area (Å²) >= 11 is 0. The van der Waals surface area contributed by atoms with Crippen molar-refractivity contribution in [3.63, 3.8) is 0 Å². The molecule has 0 heterocycles. The van der Waals surface area contributed by atoms with Gasteiger partial charge in [-0.05, 0) is 85.7 Å². The first-order valence-corrected chi connectivity index (χ1v) is 8.33. The Kier molecular flexibility index (Phi) is 4.80. The first kappa shape index (κ1) is 18.1. The molecule has 0 amide bonds. The van der Waals surface area contributed by atoms with Gasteiger partial charge in [0.2, 0.25) is 0 Å². The Bertz CT molecular complexity index is 765. The summed E-state index contributed by atoms with van der Waals surface area (Å²) in [4.78, 5) is 0. The summed E-state index contributed by atoms with van der Waals surface area (Å²) in [6.07, 6.45) is 2.25. The van der Waals surface area contributed by atoms with Gasteiger partial charge >= 0.3 is 0 Å². The predicted octanol–water partition coefficient (Wildman–Crippen LogP) is 5.71. The molecule has 2 N–H and O–H groups in total. The molecule has 2 nitrogen and oxygen atoms in total. The smallest absolute Gasteiger partial charge is 0.121 e. The second-order valence-corrected chi connectivity index (χ2v) is 7.47. The highest BCUT2D eigenvalue weighted by Gasteiger charge is 2.20. The minimum Gasteiger partial charge on any atom is -0.507 e. The van der Waals surface area contributed by atoms with E-state index in [1.165, 1.54) is 11.1 Å². The molecule has 128 valence electrons. The van der Waals surface area contributed by atoms with Gasteiger partial charge in [0.25, 0.3) is 0 Å². The molecule has 0 aliphatic rings. The van der Waals surface area contributed by atoms with E-state index in [1.807, 2.05) is 39.8 Å². The highest BCUT2D eigenvalue weighted by Crippen LogP contribution is 2.34. The Morgan fingerprint density at radius 3 is 1.58 bits per heavy atom. The van der Waals surface area contributed by atoms with Gasteiger partial charge in [0, 0.05) is 5.41 Å². The van der Waals surface area contributed by atoms with Crippen LogP contribution in [-0.2, 0) is 5.41 Å². The first-order chi connectivity index (χ1) is 11.0. The van der Waals surface area contributed by atoms with E-state index in [4.69, 9.17) is 0 Å². The van der Waals surface area contributed by atoms with Crippen LogP contribution in [0.2, 0.25) is 0 Å². The average molecular weight is 324 g/mol. The number of hydrogen-bond acceptors (Lipinski definition) is 2. The molecule has 0 unspecified atom stereocenters. The molecule has 2 rings (SSSR count). The van der Waals surface area contributed by atoms with Crippen molar-refractivity contribution in [2.75, 3.05) is 0 Å². The topological polar surface area (TPSA) is 40.5 Å². The molecule has 2 heteroatoms. The molecular formula is C22H28O2. The minimum absolute atomic E-state index is 0.160. The lowest BCUT2D eigenvalue weighted by molar-refractivity contribution is 0.466. The van der Waals surface area contributed by atoms with E-state index in [0.717, 1.165) is 27.8 Å². The van der Waals surface area contributed by atoms with Crippen LogP contribution in [0.4, 0.5) is 0 Å². The largest absolute Gasteiger partial charge is 0.507 e. The second-order valence-electron chi connectivity index (χ2n) is 7.47. The van der Waals surface area contributed by atoms with Crippen molar-refractivity contribution in [1.82, 2.24) is 0 Å². The number of rotatable bonds is 3. The van der Waals surface area contributed by atoms with Gasteiger partial charge < -0.3 is 10.2 Å². The molecule has 0 saturated heterocycles. The lowest BCUT2D eigenvalue weighted by Crippen LogP contribution is -2.15. The molecule has 0 fully saturated rings. The number of aryl methyl sites for hydroxylation is 4. The molecule has 0 saturated carbocycles. The Labute approximate surface area is 145 Å². The minimum atomic E-state index is -0.160. The normalized spacial score (nSPS) is 12.5. The maximum Gasteiger partial charge on any atom is 0.121 e. The third-order valence-electron chi connectivity index (χ3n) is 4.76. The van der Waals surface area contributed by atoms with E-state index in [0.29, 0.717) is 11.5 Å². The summed E-state index contributed by atoms with van der Waals surface area (Å²) in [6, 6.07) is 8.16. The van der Waals surface area contributed by atoms with Crippen LogP contribution >= 0.6 is 0 Å². The van der Waals surface area contributed by atoms with Crippen molar-refractivity contribution in [2.24, 2.45) is 0 Å². The molecule has 0 atom stereocenters. The fourth-order valence-electron chi connectivity index (χ4n) is 3.22. The fourth-order valence-corrected chi connectivity index (χ4v) is 3.22. The summed E-state index contributed by atoms with van der Waals surface area (Å²) in [7, 11) is 0. The quantitative estimate of drug-likeness (QED) is 0.759. The first-order valence-electron chi connectivity index (χ1n) is 8.33. The number of phenolic OH excluding ortho intramolecular Hbond substituents is 2. The zero-order valence-electron chi connectivity index (χ0n) is 15.8. The van der Waals surface area contributed by atoms with Crippen LogP contribution in [0.3, 0.4) is 0 Å². The van der Waals surface area contributed by atoms with E-state index in [2.05, 4.69) is 39.0 Å². The molecular weight excluding hydrogens is 296 g/mol. The van der Waals surface area contributed by atoms with Crippen molar-refractivity contribution in [2.45, 2.75) is 53.9 Å². The van der Waals surface area contributed by atoms with Crippen LogP contribution in [-0.4, -0.2) is 10.2 Å². The van der Waals surface area contributed by atoms with Crippen molar-refractivity contribution in [3.05, 3.63) is 63.7 Å². The van der Waals surface area contributed by atoms with Crippen molar-refractivity contribution >= 4 is 5.57 Å². The van der Waals surface area contributed by atoms with E-state index < -0.39 is 0 Å². The Morgan fingerprint density at radius 1 is 0.792 bits per heavy atom. The maximum absolute atomic E-state index is 10.0. The van der Waals surface area contributed by atoms with Gasteiger partial charge in [0.05, 0.1) is 0 Å². The van der Waals surface area contributed by atoms with Gasteiger partial charge in [0.1, 0.15) is 11.5 Å². The zero-order valence-corrected chi connectivity index (χ0v) is 15.8. The Morgan fingerprint density at radius 2 is 1.17 bits per heavy atom. The standard InChI is InChI=1S/C22H28O2/c1-13-8-18(9-14(2)20(13)23)17(5)12-22(6,7)19-10-15(3)21(24)16(4)11-19/h8-12,23-24H,1-7H3/b17-12-. The van der Waals surface area contributed by atoms with Crippen molar-refractivity contribution in [3.8, 4) is 11.5 Å². The average Bonchev–Trinajstić information content (AvgIpc) is 2.48. The van der Waals surface area contributed by atoms with Crippen LogP contribution in [0.5, 0.6) is 11.5 Å². The summed E-state index contributed by atoms with van der Waals surface area (Å²) in [5.74, 6) is 0.746. The van der Waals surface area contributed by atoms with Crippen LogP contribution in [0.15, 0.2) is 30.3 Å². The molecule has 2 aromatic carbocycles. The van der Waals surface area contributed by atoms with E-state index in [9.17, 15) is 10.2 Å². The number of allylic oxidation sites excluding steroid dienone is 2. The van der Waals surface area contributed by atoms with Crippen LogP contribution in [0.25, 0.3) is 5.57 Å². The van der Waals surface area contributed by atoms with Gasteiger partial charge in [-0.25, -0.2) is 0 Å². The lowest BCUT2D eigenvalue weighted by atomic mass is 9.80. The van der Waals surface area contributed by atoms with Crippen LogP contribution < -0.4 is 0 Å². The Hall–Kier alpha value is -2.22. The highest BCUT2D eigenvalue weighted by atomic mass is 16.3. The van der Waals surface area contributed by atoms with Gasteiger partial charge in [-0.2, -0.15) is 0 Å². The molecule has 0 radical (unpaired) electrons. The third-order valence-corrected chi connectivity index (χ3v) is 4.76. The van der Waals surface area contributed by atoms with Crippen LogP contribution in [0.1, 0.15) is 54.2 Å². The van der Waals surface area contributed by atoms with Crippen molar-refractivity contribution < 1.29 is 10.2 Å². The Balaban J connectivity index is 2.48. The summed E-state index contributed by atoms with van der Waals surface area (Å²) in [6.45, 7) is 14.2. The molecule has 0 bridgehead atoms. The summed E-state index contributed by atoms with van der Waals surface area (Å²) < 4.78 is 0. The summed E-state index contributed by atoms with van der Waals surface area (Å²) in [5, 5.41) is 20.0. The van der Waals surface area contributed by atoms with Gasteiger partial charge in [-0.1, -0.05) is 32.1 Å². The van der Waals surface area contributed by atoms with E-state index in [-0.39, 0.29) is 5.41 Å². The molecule has 0 aliphatic carbocycles. The predicted molar refractivity (Wildman–Crippen MR) is 102 cm³/mol. The van der Waals surface area contributed by atoms with E-state index >= 15 is 0 Å². The lowest BCUT2D eigenvalue weighted by Gasteiger charge is -2.24. The zero-order chi connectivity index (χ0) is 18.2. The highest BCUT2D eigenvalue weighted by molar-refractivity contribution is 5.68. The monoisotopic (exact) mass is 324 g/mol. The molecule has 2 aromatic rings.